The maximum atomic E-state index is 11.3. The molecule has 2 aliphatic heterocycles. The molecule has 0 saturated carbocycles. The second-order valence-electron chi connectivity index (χ2n) is 5.29. The first kappa shape index (κ1) is 16.4. The number of fused-ring (bicyclic) bond motifs is 2. The highest BCUT2D eigenvalue weighted by molar-refractivity contribution is 5.92. The number of carboxylic acid groups (broad SMARTS) is 1. The highest BCUT2D eigenvalue weighted by atomic mass is 16.5. The minimum absolute atomic E-state index is 0.0852. The van der Waals surface area contributed by atoms with Crippen LogP contribution >= 0.6 is 0 Å². The van der Waals surface area contributed by atoms with E-state index in [1.165, 1.54) is 18.5 Å². The lowest BCUT2D eigenvalue weighted by molar-refractivity contribution is -0.132. The molecule has 0 aliphatic carbocycles. The molecule has 6 nitrogen and oxygen atoms in total. The SMILES string of the molecule is O=C(O)C1=C\C=C/N=C/CN2CC=C/C2=C/Oc2ccccc2\C=N\1. The van der Waals surface area contributed by atoms with Gasteiger partial charge in [-0.25, -0.2) is 9.79 Å². The molecule has 2 heterocycles. The second-order valence-corrected chi connectivity index (χ2v) is 5.29. The summed E-state index contributed by atoms with van der Waals surface area (Å²) in [5.74, 6) is -0.511. The van der Waals surface area contributed by atoms with Crippen LogP contribution in [0.4, 0.5) is 0 Å². The van der Waals surface area contributed by atoms with Crippen LogP contribution in [0.15, 0.2) is 82.4 Å². The van der Waals surface area contributed by atoms with Crippen molar-refractivity contribution in [3.63, 3.8) is 0 Å². The summed E-state index contributed by atoms with van der Waals surface area (Å²) in [6.07, 6.45) is 13.4. The maximum Gasteiger partial charge on any atom is 0.354 e. The number of carboxylic acids is 1. The number of benzene rings is 1. The Kier molecular flexibility index (Phi) is 5.21. The first-order valence-electron chi connectivity index (χ1n) is 7.77. The Morgan fingerprint density at radius 2 is 2.12 bits per heavy atom. The zero-order valence-electron chi connectivity index (χ0n) is 13.4. The summed E-state index contributed by atoms with van der Waals surface area (Å²) < 4.78 is 5.80. The highest BCUT2D eigenvalue weighted by Gasteiger charge is 2.11. The van der Waals surface area contributed by atoms with E-state index in [2.05, 4.69) is 21.0 Å². The van der Waals surface area contributed by atoms with Crippen molar-refractivity contribution in [3.05, 3.63) is 78.0 Å². The molecule has 1 aromatic carbocycles. The molecule has 0 saturated heterocycles. The van der Waals surface area contributed by atoms with Gasteiger partial charge in [0, 0.05) is 30.7 Å². The quantitative estimate of drug-likeness (QED) is 0.856. The number of allylic oxidation sites excluding steroid dienone is 3. The van der Waals surface area contributed by atoms with Crippen molar-refractivity contribution in [2.24, 2.45) is 9.98 Å². The van der Waals surface area contributed by atoms with Crippen molar-refractivity contribution in [1.29, 1.82) is 0 Å². The number of rotatable bonds is 1. The topological polar surface area (TPSA) is 74.5 Å². The lowest BCUT2D eigenvalue weighted by Gasteiger charge is -2.17. The smallest absolute Gasteiger partial charge is 0.354 e. The standard InChI is InChI=1S/C19H17N3O3/c23-19(24)17-7-3-9-20-10-12-22-11-4-6-16(22)14-25-18-8-2-1-5-15(18)13-21-17/h1-10,13-14H,11-12H2,(H,23,24)/b9-3-,16-14-,17-7+,20-10+,21-13+. The summed E-state index contributed by atoms with van der Waals surface area (Å²) in [6, 6.07) is 7.32. The molecule has 0 bridgehead atoms. The third-order valence-corrected chi connectivity index (χ3v) is 3.60. The van der Waals surface area contributed by atoms with Gasteiger partial charge in [0.15, 0.2) is 0 Å². The predicted molar refractivity (Wildman–Crippen MR) is 96.8 cm³/mol. The van der Waals surface area contributed by atoms with Crippen molar-refractivity contribution in [2.75, 3.05) is 13.1 Å². The van der Waals surface area contributed by atoms with Gasteiger partial charge in [-0.05, 0) is 30.4 Å². The third kappa shape index (κ3) is 4.32. The van der Waals surface area contributed by atoms with Crippen LogP contribution < -0.4 is 4.74 Å². The molecule has 1 aromatic rings. The molecular formula is C19H17N3O3. The Bertz CT molecular complexity index is 832. The molecule has 126 valence electrons. The van der Waals surface area contributed by atoms with Crippen molar-refractivity contribution in [1.82, 2.24) is 4.90 Å². The number of hydrogen-bond donors (Lipinski definition) is 1. The van der Waals surface area contributed by atoms with Crippen LogP contribution in [0.1, 0.15) is 5.56 Å². The summed E-state index contributed by atoms with van der Waals surface area (Å²) in [7, 11) is 0. The minimum atomic E-state index is -1.11. The fraction of sp³-hybridized carbons (Fsp3) is 0.105. The number of para-hydroxylation sites is 1. The van der Waals surface area contributed by atoms with Crippen LogP contribution in [0, 0.1) is 0 Å². The molecule has 0 unspecified atom stereocenters. The molecule has 0 atom stereocenters. The van der Waals surface area contributed by atoms with Crippen LogP contribution in [0.5, 0.6) is 5.75 Å². The van der Waals surface area contributed by atoms with E-state index in [0.717, 1.165) is 12.2 Å². The van der Waals surface area contributed by atoms with Gasteiger partial charge in [-0.3, -0.25) is 4.99 Å². The van der Waals surface area contributed by atoms with Gasteiger partial charge >= 0.3 is 5.97 Å². The summed E-state index contributed by atoms with van der Waals surface area (Å²) >= 11 is 0. The Morgan fingerprint density at radius 3 is 3.00 bits per heavy atom. The molecule has 0 spiro atoms. The van der Waals surface area contributed by atoms with Gasteiger partial charge in [-0.2, -0.15) is 0 Å². The van der Waals surface area contributed by atoms with Crippen molar-refractivity contribution in [3.8, 4) is 5.75 Å². The van der Waals surface area contributed by atoms with Crippen LogP contribution in [0.2, 0.25) is 0 Å². The van der Waals surface area contributed by atoms with Gasteiger partial charge in [0.2, 0.25) is 0 Å². The Labute approximate surface area is 145 Å². The van der Waals surface area contributed by atoms with E-state index in [9.17, 15) is 9.90 Å². The van der Waals surface area contributed by atoms with E-state index in [1.54, 1.807) is 18.6 Å². The van der Waals surface area contributed by atoms with Crippen molar-refractivity contribution < 1.29 is 14.6 Å². The fourth-order valence-electron chi connectivity index (χ4n) is 2.32. The molecular weight excluding hydrogens is 318 g/mol. The Balaban J connectivity index is 1.98. The molecule has 2 aliphatic rings. The number of aliphatic carboxylic acids is 1. The second kappa shape index (κ2) is 7.92. The van der Waals surface area contributed by atoms with Crippen LogP contribution in [-0.4, -0.2) is 41.5 Å². The number of aliphatic imine (C=N–C) groups is 2. The lowest BCUT2D eigenvalue weighted by atomic mass is 10.2. The van der Waals surface area contributed by atoms with E-state index >= 15 is 0 Å². The van der Waals surface area contributed by atoms with Crippen LogP contribution in [0.3, 0.4) is 0 Å². The normalized spacial score (nSPS) is 24.9. The minimum Gasteiger partial charge on any atom is -0.477 e. The highest BCUT2D eigenvalue weighted by Crippen LogP contribution is 2.19. The number of hydrogen-bond acceptors (Lipinski definition) is 5. The van der Waals surface area contributed by atoms with Gasteiger partial charge in [0.1, 0.15) is 17.7 Å². The van der Waals surface area contributed by atoms with Gasteiger partial charge in [-0.1, -0.05) is 18.2 Å². The molecule has 3 rings (SSSR count). The first-order chi connectivity index (χ1) is 12.2. The lowest BCUT2D eigenvalue weighted by Crippen LogP contribution is -2.21. The summed E-state index contributed by atoms with van der Waals surface area (Å²) in [4.78, 5) is 21.6. The van der Waals surface area contributed by atoms with E-state index < -0.39 is 5.97 Å². The molecule has 25 heavy (non-hydrogen) atoms. The van der Waals surface area contributed by atoms with Crippen molar-refractivity contribution in [2.45, 2.75) is 0 Å². The van der Waals surface area contributed by atoms with Crippen LogP contribution in [-0.2, 0) is 4.79 Å². The van der Waals surface area contributed by atoms with E-state index in [1.807, 2.05) is 30.3 Å². The third-order valence-electron chi connectivity index (χ3n) is 3.60. The molecule has 0 fully saturated rings. The number of carbonyl (C=O) groups is 1. The molecule has 6 heteroatoms. The van der Waals surface area contributed by atoms with Crippen LogP contribution in [0.25, 0.3) is 0 Å². The summed E-state index contributed by atoms with van der Waals surface area (Å²) in [5.41, 5.74) is 1.55. The first-order valence-corrected chi connectivity index (χ1v) is 7.77. The average molecular weight is 335 g/mol. The zero-order chi connectivity index (χ0) is 17.5. The molecule has 0 amide bonds. The summed E-state index contributed by atoms with van der Waals surface area (Å²) in [6.45, 7) is 1.41. The van der Waals surface area contributed by atoms with Gasteiger partial charge in [0.25, 0.3) is 0 Å². The van der Waals surface area contributed by atoms with E-state index in [-0.39, 0.29) is 5.70 Å². The average Bonchev–Trinajstić information content (AvgIpc) is 3.05. The number of ether oxygens (including phenoxy) is 1. The Morgan fingerprint density at radius 1 is 1.24 bits per heavy atom. The number of nitrogens with zero attached hydrogens (tertiary/aromatic N) is 3. The van der Waals surface area contributed by atoms with E-state index in [4.69, 9.17) is 4.74 Å². The predicted octanol–water partition coefficient (Wildman–Crippen LogP) is 2.76. The molecule has 1 N–H and O–H groups in total. The fourth-order valence-corrected chi connectivity index (χ4v) is 2.32. The zero-order valence-corrected chi connectivity index (χ0v) is 13.4. The van der Waals surface area contributed by atoms with Gasteiger partial charge in [-0.15, -0.1) is 0 Å². The van der Waals surface area contributed by atoms with E-state index in [0.29, 0.717) is 17.9 Å². The maximum absolute atomic E-state index is 11.3. The van der Waals surface area contributed by atoms with Gasteiger partial charge in [0.05, 0.1) is 12.2 Å². The van der Waals surface area contributed by atoms with Gasteiger partial charge < -0.3 is 14.7 Å². The largest absolute Gasteiger partial charge is 0.477 e. The molecule has 0 aromatic heterocycles. The van der Waals surface area contributed by atoms with Crippen molar-refractivity contribution >= 4 is 18.4 Å². The Hall–Kier alpha value is -3.41. The molecule has 0 radical (unpaired) electrons. The summed E-state index contributed by atoms with van der Waals surface area (Å²) in [5, 5.41) is 9.24. The monoisotopic (exact) mass is 335 g/mol.